The number of rotatable bonds is 3. The van der Waals surface area contributed by atoms with Crippen molar-refractivity contribution in [2.24, 2.45) is 11.8 Å². The van der Waals surface area contributed by atoms with Crippen LogP contribution >= 0.6 is 0 Å². The molecule has 4 heteroatoms. The molecular formula is C10H14N2O2. The van der Waals surface area contributed by atoms with Crippen molar-refractivity contribution in [3.8, 4) is 0 Å². The summed E-state index contributed by atoms with van der Waals surface area (Å²) in [7, 11) is 0. The lowest BCUT2D eigenvalue weighted by Crippen LogP contribution is -2.00. The van der Waals surface area contributed by atoms with E-state index >= 15 is 0 Å². The lowest BCUT2D eigenvalue weighted by atomic mass is 10.1. The summed E-state index contributed by atoms with van der Waals surface area (Å²) in [6.07, 6.45) is 2.68. The number of carbonyl (C=O) groups is 1. The van der Waals surface area contributed by atoms with E-state index in [0.717, 1.165) is 17.7 Å². The maximum atomic E-state index is 10.9. The largest absolute Gasteiger partial charge is 0.481 e. The van der Waals surface area contributed by atoms with Gasteiger partial charge in [-0.2, -0.15) is 5.10 Å². The highest BCUT2D eigenvalue weighted by molar-refractivity contribution is 5.76. The molecule has 4 nitrogen and oxygen atoms in total. The maximum Gasteiger partial charge on any atom is 0.307 e. The van der Waals surface area contributed by atoms with Crippen LogP contribution < -0.4 is 0 Å². The summed E-state index contributed by atoms with van der Waals surface area (Å²) in [5.41, 5.74) is 2.07. The highest BCUT2D eigenvalue weighted by atomic mass is 16.4. The lowest BCUT2D eigenvalue weighted by Gasteiger charge is -1.94. The minimum Gasteiger partial charge on any atom is -0.481 e. The average Bonchev–Trinajstić information content (AvgIpc) is 2.73. The molecule has 0 aliphatic heterocycles. The standard InChI is InChI=1S/C10H14N2O2/c1-3-6-8(9(6)10(13)14)7-4-11-12-5(7)2/h4,6,8-9H,3H2,1-2H3,(H,11,12)(H,13,14). The van der Waals surface area contributed by atoms with Crippen LogP contribution in [-0.4, -0.2) is 21.3 Å². The van der Waals surface area contributed by atoms with E-state index < -0.39 is 5.97 Å². The van der Waals surface area contributed by atoms with Crippen LogP contribution in [0, 0.1) is 18.8 Å². The molecule has 0 aromatic carbocycles. The second kappa shape index (κ2) is 3.12. The number of nitrogens with zero attached hydrogens (tertiary/aromatic N) is 1. The summed E-state index contributed by atoms with van der Waals surface area (Å²) in [5.74, 6) is -0.404. The second-order valence-corrected chi connectivity index (χ2v) is 3.91. The van der Waals surface area contributed by atoms with Gasteiger partial charge in [0, 0.05) is 11.6 Å². The molecular weight excluding hydrogens is 180 g/mol. The highest BCUT2D eigenvalue weighted by Crippen LogP contribution is 2.56. The van der Waals surface area contributed by atoms with Gasteiger partial charge in [-0.25, -0.2) is 0 Å². The van der Waals surface area contributed by atoms with E-state index in [1.807, 2.05) is 13.8 Å². The Bertz CT molecular complexity index is 359. The number of hydrogen-bond donors (Lipinski definition) is 2. The summed E-state index contributed by atoms with van der Waals surface area (Å²) in [4.78, 5) is 10.9. The topological polar surface area (TPSA) is 66.0 Å². The fourth-order valence-electron chi connectivity index (χ4n) is 2.34. The first kappa shape index (κ1) is 9.24. The molecule has 0 amide bonds. The number of aryl methyl sites for hydroxylation is 1. The van der Waals surface area contributed by atoms with Crippen LogP contribution in [0.25, 0.3) is 0 Å². The summed E-state index contributed by atoms with van der Waals surface area (Å²) < 4.78 is 0. The maximum absolute atomic E-state index is 10.9. The second-order valence-electron chi connectivity index (χ2n) is 3.91. The van der Waals surface area contributed by atoms with Gasteiger partial charge in [0.1, 0.15) is 0 Å². The van der Waals surface area contributed by atoms with Gasteiger partial charge in [-0.1, -0.05) is 13.3 Å². The molecule has 0 spiro atoms. The zero-order valence-electron chi connectivity index (χ0n) is 8.32. The minimum absolute atomic E-state index is 0.177. The molecule has 0 bridgehead atoms. The predicted octanol–water partition coefficient (Wildman–Crippen LogP) is 1.54. The summed E-state index contributed by atoms with van der Waals surface area (Å²) in [5, 5.41) is 15.8. The highest BCUT2D eigenvalue weighted by Gasteiger charge is 2.55. The van der Waals surface area contributed by atoms with E-state index in [1.54, 1.807) is 6.20 Å². The summed E-state index contributed by atoms with van der Waals surface area (Å²) >= 11 is 0. The molecule has 3 atom stereocenters. The quantitative estimate of drug-likeness (QED) is 0.767. The monoisotopic (exact) mass is 194 g/mol. The van der Waals surface area contributed by atoms with E-state index in [2.05, 4.69) is 10.2 Å². The van der Waals surface area contributed by atoms with Crippen LogP contribution in [0.3, 0.4) is 0 Å². The van der Waals surface area contributed by atoms with Crippen LogP contribution in [0.4, 0.5) is 0 Å². The Kier molecular flexibility index (Phi) is 2.06. The van der Waals surface area contributed by atoms with Crippen LogP contribution in [0.5, 0.6) is 0 Å². The van der Waals surface area contributed by atoms with E-state index in [0.29, 0.717) is 5.92 Å². The zero-order chi connectivity index (χ0) is 10.3. The third-order valence-corrected chi connectivity index (χ3v) is 3.15. The van der Waals surface area contributed by atoms with Crippen molar-refractivity contribution in [3.05, 3.63) is 17.5 Å². The Labute approximate surface area is 82.3 Å². The smallest absolute Gasteiger partial charge is 0.307 e. The van der Waals surface area contributed by atoms with Crippen molar-refractivity contribution >= 4 is 5.97 Å². The van der Waals surface area contributed by atoms with Crippen molar-refractivity contribution in [3.63, 3.8) is 0 Å². The SMILES string of the molecule is CCC1C(C(=O)O)C1c1cn[nH]c1C. The molecule has 0 radical (unpaired) electrons. The number of aliphatic carboxylic acids is 1. The van der Waals surface area contributed by atoms with Crippen molar-refractivity contribution in [2.75, 3.05) is 0 Å². The number of nitrogens with one attached hydrogen (secondary N) is 1. The van der Waals surface area contributed by atoms with Crippen molar-refractivity contribution < 1.29 is 9.90 Å². The van der Waals surface area contributed by atoms with Gasteiger partial charge in [0.15, 0.2) is 0 Å². The molecule has 1 aromatic rings. The number of carboxylic acids is 1. The van der Waals surface area contributed by atoms with Crippen molar-refractivity contribution in [1.82, 2.24) is 10.2 Å². The molecule has 2 N–H and O–H groups in total. The van der Waals surface area contributed by atoms with E-state index in [9.17, 15) is 4.79 Å². The molecule has 2 rings (SSSR count). The fraction of sp³-hybridized carbons (Fsp3) is 0.600. The Morgan fingerprint density at radius 1 is 1.71 bits per heavy atom. The Morgan fingerprint density at radius 2 is 2.43 bits per heavy atom. The third-order valence-electron chi connectivity index (χ3n) is 3.15. The number of aromatic amines is 1. The summed E-state index contributed by atoms with van der Waals surface area (Å²) in [6, 6.07) is 0. The fourth-order valence-corrected chi connectivity index (χ4v) is 2.34. The predicted molar refractivity (Wildman–Crippen MR) is 51.0 cm³/mol. The van der Waals surface area contributed by atoms with Crippen molar-refractivity contribution in [1.29, 1.82) is 0 Å². The first-order valence-corrected chi connectivity index (χ1v) is 4.89. The van der Waals surface area contributed by atoms with Crippen molar-refractivity contribution in [2.45, 2.75) is 26.2 Å². The molecule has 3 unspecified atom stereocenters. The molecule has 1 saturated carbocycles. The van der Waals surface area contributed by atoms with Gasteiger partial charge in [0.05, 0.1) is 12.1 Å². The van der Waals surface area contributed by atoms with Gasteiger partial charge in [-0.05, 0) is 18.4 Å². The Morgan fingerprint density at radius 3 is 2.79 bits per heavy atom. The van der Waals surface area contributed by atoms with E-state index in [1.165, 1.54) is 0 Å². The molecule has 14 heavy (non-hydrogen) atoms. The van der Waals surface area contributed by atoms with Gasteiger partial charge in [0.25, 0.3) is 0 Å². The van der Waals surface area contributed by atoms with E-state index in [4.69, 9.17) is 5.11 Å². The molecule has 76 valence electrons. The molecule has 1 aliphatic rings. The summed E-state index contributed by atoms with van der Waals surface area (Å²) in [6.45, 7) is 3.97. The zero-order valence-corrected chi connectivity index (χ0v) is 8.32. The molecule has 1 heterocycles. The van der Waals surface area contributed by atoms with Crippen LogP contribution in [0.2, 0.25) is 0 Å². The molecule has 1 aromatic heterocycles. The minimum atomic E-state index is -0.678. The van der Waals surface area contributed by atoms with Gasteiger partial charge >= 0.3 is 5.97 Å². The number of aromatic nitrogens is 2. The molecule has 0 saturated heterocycles. The average molecular weight is 194 g/mol. The van der Waals surface area contributed by atoms with Crippen LogP contribution in [0.1, 0.15) is 30.5 Å². The Hall–Kier alpha value is -1.32. The van der Waals surface area contributed by atoms with Gasteiger partial charge < -0.3 is 5.11 Å². The van der Waals surface area contributed by atoms with E-state index in [-0.39, 0.29) is 11.8 Å². The first-order chi connectivity index (χ1) is 6.66. The normalized spacial score (nSPS) is 30.3. The van der Waals surface area contributed by atoms with Crippen LogP contribution in [0.15, 0.2) is 6.20 Å². The molecule has 1 aliphatic carbocycles. The number of carboxylic acid groups (broad SMARTS) is 1. The van der Waals surface area contributed by atoms with Gasteiger partial charge in [-0.15, -0.1) is 0 Å². The number of hydrogen-bond acceptors (Lipinski definition) is 2. The lowest BCUT2D eigenvalue weighted by molar-refractivity contribution is -0.139. The van der Waals surface area contributed by atoms with Gasteiger partial charge in [0.2, 0.25) is 0 Å². The van der Waals surface area contributed by atoms with Crippen LogP contribution in [-0.2, 0) is 4.79 Å². The Balaban J connectivity index is 2.22. The third kappa shape index (κ3) is 1.22. The number of H-pyrrole nitrogens is 1. The molecule has 1 fully saturated rings. The first-order valence-electron chi connectivity index (χ1n) is 4.89. The van der Waals surface area contributed by atoms with Gasteiger partial charge in [-0.3, -0.25) is 9.89 Å².